The minimum absolute atomic E-state index is 0.0600. The Kier molecular flexibility index (Phi) is 4.54. The first-order valence-corrected chi connectivity index (χ1v) is 9.42. The third-order valence-electron chi connectivity index (χ3n) is 3.36. The van der Waals surface area contributed by atoms with Gasteiger partial charge in [-0.15, -0.1) is 0 Å². The number of nitrogen functional groups attached to an aromatic ring is 2. The average molecular weight is 359 g/mol. The van der Waals surface area contributed by atoms with Crippen LogP contribution in [-0.2, 0) is 12.7 Å². The Labute approximate surface area is 143 Å². The number of aromatic nitrogens is 4. The molecule has 0 amide bonds. The molecule has 3 rings (SSSR count). The normalized spacial score (nSPS) is 11.6. The second-order valence-electron chi connectivity index (χ2n) is 5.59. The molecule has 0 aliphatic rings. The SMILES string of the molecule is C=P(O)(O)Cc1ccc(NCc2cnc3nc(N)nc(N)c3n2)cc1. The van der Waals surface area contributed by atoms with Crippen LogP contribution in [0.2, 0.25) is 0 Å². The van der Waals surface area contributed by atoms with E-state index in [4.69, 9.17) is 11.5 Å². The van der Waals surface area contributed by atoms with E-state index >= 15 is 0 Å². The van der Waals surface area contributed by atoms with E-state index < -0.39 is 7.34 Å². The van der Waals surface area contributed by atoms with Crippen molar-refractivity contribution < 1.29 is 9.79 Å². The lowest BCUT2D eigenvalue weighted by Crippen LogP contribution is -2.07. The molecule has 25 heavy (non-hydrogen) atoms. The molecule has 0 unspecified atom stereocenters. The maximum Gasteiger partial charge on any atom is 0.224 e. The maximum absolute atomic E-state index is 9.41. The standard InChI is InChI=1S/C15H18N7O2P/c1-25(23,24)8-9-2-4-10(5-3-9)18-6-11-7-19-14-12(20-11)13(16)21-15(17)22-14/h2-5,7,18,23-24H,1,6,8H2,(H4,16,17,19,21,22). The minimum atomic E-state index is -3.07. The van der Waals surface area contributed by atoms with Crippen LogP contribution < -0.4 is 16.8 Å². The van der Waals surface area contributed by atoms with Crippen LogP contribution >= 0.6 is 7.34 Å². The van der Waals surface area contributed by atoms with Crippen molar-refractivity contribution in [3.05, 3.63) is 41.7 Å². The molecular weight excluding hydrogens is 341 g/mol. The molecule has 0 radical (unpaired) electrons. The van der Waals surface area contributed by atoms with Crippen molar-refractivity contribution in [2.24, 2.45) is 0 Å². The van der Waals surface area contributed by atoms with Crippen molar-refractivity contribution in [2.45, 2.75) is 12.7 Å². The Morgan fingerprint density at radius 1 is 1.08 bits per heavy atom. The van der Waals surface area contributed by atoms with Gasteiger partial charge in [0.05, 0.1) is 18.4 Å². The Hall–Kier alpha value is -2.74. The van der Waals surface area contributed by atoms with Crippen molar-refractivity contribution in [3.63, 3.8) is 0 Å². The quantitative estimate of drug-likeness (QED) is 0.419. The Morgan fingerprint density at radius 2 is 1.80 bits per heavy atom. The predicted octanol–water partition coefficient (Wildman–Crippen LogP) is 0.960. The predicted molar refractivity (Wildman–Crippen MR) is 99.9 cm³/mol. The first kappa shape index (κ1) is 17.1. The summed E-state index contributed by atoms with van der Waals surface area (Å²) in [6, 6.07) is 7.32. The molecule has 0 atom stereocenters. The summed E-state index contributed by atoms with van der Waals surface area (Å²) in [4.78, 5) is 35.3. The van der Waals surface area contributed by atoms with Gasteiger partial charge in [-0.1, -0.05) is 18.4 Å². The van der Waals surface area contributed by atoms with Crippen LogP contribution in [0.25, 0.3) is 11.2 Å². The van der Waals surface area contributed by atoms with Crippen molar-refractivity contribution in [3.8, 4) is 0 Å². The van der Waals surface area contributed by atoms with E-state index in [1.54, 1.807) is 6.20 Å². The van der Waals surface area contributed by atoms with E-state index in [0.717, 1.165) is 11.3 Å². The lowest BCUT2D eigenvalue weighted by Gasteiger charge is -2.11. The van der Waals surface area contributed by atoms with Gasteiger partial charge in [0.25, 0.3) is 0 Å². The molecule has 9 nitrogen and oxygen atoms in total. The average Bonchev–Trinajstić information content (AvgIpc) is 2.53. The largest absolute Gasteiger partial charge is 0.382 e. The number of hydrogen-bond acceptors (Lipinski definition) is 9. The summed E-state index contributed by atoms with van der Waals surface area (Å²) in [7, 11) is -3.07. The number of hydrogen-bond donors (Lipinski definition) is 5. The fourth-order valence-electron chi connectivity index (χ4n) is 2.28. The molecule has 0 fully saturated rings. The van der Waals surface area contributed by atoms with Crippen molar-refractivity contribution in [1.82, 2.24) is 19.9 Å². The molecule has 0 bridgehead atoms. The first-order chi connectivity index (χ1) is 11.8. The topological polar surface area (TPSA) is 156 Å². The molecule has 2 aromatic heterocycles. The van der Waals surface area contributed by atoms with Crippen LogP contribution in [0.5, 0.6) is 0 Å². The van der Waals surface area contributed by atoms with Crippen LogP contribution in [0.4, 0.5) is 17.5 Å². The van der Waals surface area contributed by atoms with E-state index in [1.165, 1.54) is 0 Å². The summed E-state index contributed by atoms with van der Waals surface area (Å²) in [5, 5.41) is 3.21. The number of anilines is 3. The molecule has 1 aromatic carbocycles. The Balaban J connectivity index is 1.71. The Bertz CT molecular complexity index is 956. The van der Waals surface area contributed by atoms with Gasteiger partial charge in [-0.2, -0.15) is 9.97 Å². The maximum atomic E-state index is 9.41. The molecule has 130 valence electrons. The zero-order valence-electron chi connectivity index (χ0n) is 13.3. The van der Waals surface area contributed by atoms with Crippen LogP contribution in [0.3, 0.4) is 0 Å². The summed E-state index contributed by atoms with van der Waals surface area (Å²) < 4.78 is 0. The van der Waals surface area contributed by atoms with Gasteiger partial charge in [0.2, 0.25) is 5.95 Å². The number of rotatable bonds is 5. The zero-order valence-corrected chi connectivity index (χ0v) is 14.2. The minimum Gasteiger partial charge on any atom is -0.382 e. The van der Waals surface area contributed by atoms with E-state index in [2.05, 4.69) is 31.6 Å². The highest BCUT2D eigenvalue weighted by molar-refractivity contribution is 7.61. The first-order valence-electron chi connectivity index (χ1n) is 7.35. The highest BCUT2D eigenvalue weighted by Crippen LogP contribution is 2.38. The van der Waals surface area contributed by atoms with Crippen LogP contribution in [0.15, 0.2) is 30.5 Å². The van der Waals surface area contributed by atoms with Crippen LogP contribution in [-0.4, -0.2) is 36.0 Å². The van der Waals surface area contributed by atoms with Gasteiger partial charge in [-0.05, 0) is 17.7 Å². The molecule has 0 aliphatic heterocycles. The number of nitrogens with zero attached hydrogens (tertiary/aromatic N) is 4. The summed E-state index contributed by atoms with van der Waals surface area (Å²) in [6.45, 7) is 0.429. The van der Waals surface area contributed by atoms with Crippen molar-refractivity contribution >= 4 is 42.3 Å². The lowest BCUT2D eigenvalue weighted by molar-refractivity contribution is 0.475. The molecule has 7 N–H and O–H groups in total. The van der Waals surface area contributed by atoms with Gasteiger partial charge in [0, 0.05) is 11.8 Å². The van der Waals surface area contributed by atoms with Gasteiger partial charge < -0.3 is 26.6 Å². The summed E-state index contributed by atoms with van der Waals surface area (Å²) in [5.41, 5.74) is 14.4. The monoisotopic (exact) mass is 359 g/mol. The highest BCUT2D eigenvalue weighted by Gasteiger charge is 2.08. The number of nitrogens with one attached hydrogen (secondary N) is 1. The van der Waals surface area contributed by atoms with Gasteiger partial charge >= 0.3 is 0 Å². The number of fused-ring (bicyclic) bond motifs is 1. The molecule has 0 saturated carbocycles. The molecule has 0 spiro atoms. The molecule has 0 saturated heterocycles. The zero-order chi connectivity index (χ0) is 18.0. The smallest absolute Gasteiger partial charge is 0.224 e. The van der Waals surface area contributed by atoms with Gasteiger partial charge in [-0.3, -0.25) is 0 Å². The molecule has 10 heteroatoms. The number of nitrogens with two attached hydrogens (primary N) is 2. The van der Waals surface area contributed by atoms with E-state index in [-0.39, 0.29) is 17.9 Å². The van der Waals surface area contributed by atoms with E-state index in [0.29, 0.717) is 23.4 Å². The lowest BCUT2D eigenvalue weighted by atomic mass is 10.2. The summed E-state index contributed by atoms with van der Waals surface area (Å²) in [5.74, 6) is 0.249. The summed E-state index contributed by atoms with van der Waals surface area (Å²) >= 11 is 0. The third kappa shape index (κ3) is 4.42. The fraction of sp³-hybridized carbons (Fsp3) is 0.133. The molecule has 2 heterocycles. The Morgan fingerprint density at radius 3 is 2.48 bits per heavy atom. The fourth-order valence-corrected chi connectivity index (χ4v) is 3.08. The second kappa shape index (κ2) is 6.64. The van der Waals surface area contributed by atoms with Gasteiger partial charge in [0.15, 0.2) is 17.0 Å². The van der Waals surface area contributed by atoms with Gasteiger partial charge in [-0.25, -0.2) is 9.97 Å². The molecule has 3 aromatic rings. The van der Waals surface area contributed by atoms with E-state index in [1.807, 2.05) is 24.3 Å². The van der Waals surface area contributed by atoms with Crippen LogP contribution in [0.1, 0.15) is 11.3 Å². The molecule has 0 aliphatic carbocycles. The van der Waals surface area contributed by atoms with Gasteiger partial charge in [0.1, 0.15) is 7.34 Å². The third-order valence-corrected chi connectivity index (χ3v) is 4.24. The molecular formula is C15H18N7O2P. The van der Waals surface area contributed by atoms with Crippen molar-refractivity contribution in [1.29, 1.82) is 0 Å². The second-order valence-corrected chi connectivity index (χ2v) is 7.66. The summed E-state index contributed by atoms with van der Waals surface area (Å²) in [6.07, 6.45) is 5.12. The highest BCUT2D eigenvalue weighted by atomic mass is 31.2. The van der Waals surface area contributed by atoms with E-state index in [9.17, 15) is 9.79 Å². The number of benzene rings is 1. The van der Waals surface area contributed by atoms with Crippen LogP contribution in [0, 0.1) is 0 Å². The van der Waals surface area contributed by atoms with Crippen molar-refractivity contribution in [2.75, 3.05) is 16.8 Å².